The molecule has 256 valence electrons. The first-order valence-electron chi connectivity index (χ1n) is 16.8. The van der Waals surface area contributed by atoms with E-state index in [1.54, 1.807) is 7.05 Å². The molecule has 3 aliphatic rings. The predicted octanol–water partition coefficient (Wildman–Crippen LogP) is 9.11. The Morgan fingerprint density at radius 1 is 1.00 bits per heavy atom. The Morgan fingerprint density at radius 2 is 1.58 bits per heavy atom. The smallest absolute Gasteiger partial charge is 0.249 e. The summed E-state index contributed by atoms with van der Waals surface area (Å²) in [6.45, 7) is 20.2. The molecule has 0 aromatic heterocycles. The van der Waals surface area contributed by atoms with Crippen molar-refractivity contribution in [2.45, 2.75) is 132 Å². The summed E-state index contributed by atoms with van der Waals surface area (Å²) in [4.78, 5) is 40.0. The van der Waals surface area contributed by atoms with Gasteiger partial charge in [-0.05, 0) is 81.1 Å². The number of nitrogens with zero attached hydrogens (tertiary/aromatic N) is 2. The molecule has 1 aromatic carbocycles. The molecule has 1 aliphatic carbocycles. The van der Waals surface area contributed by atoms with Crippen LogP contribution in [0.25, 0.3) is 0 Å². The first kappa shape index (κ1) is 43.9. The number of anilines is 1. The largest absolute Gasteiger partial charge is 0.374 e. The maximum absolute atomic E-state index is 11.7. The SMILES string of the molecule is C.C/C=C(/C)C=NC.C=C.CC.CCC(=O)N1CCC(CC)CC1.O=C1CCC(Nc2ccc(C3CCCCC3)cc2)C(=O)N1. The van der Waals surface area contributed by atoms with E-state index in [1.165, 1.54) is 62.5 Å². The van der Waals surface area contributed by atoms with Crippen LogP contribution in [-0.4, -0.2) is 55.0 Å². The van der Waals surface area contributed by atoms with Crippen molar-refractivity contribution in [3.05, 3.63) is 54.6 Å². The normalized spacial score (nSPS) is 18.6. The zero-order valence-corrected chi connectivity index (χ0v) is 28.9. The minimum absolute atomic E-state index is 0. The number of nitrogens with one attached hydrogen (secondary N) is 2. The highest BCUT2D eigenvalue weighted by atomic mass is 16.2. The summed E-state index contributed by atoms with van der Waals surface area (Å²) in [5.74, 6) is 1.49. The molecule has 0 radical (unpaired) electrons. The molecule has 1 saturated carbocycles. The van der Waals surface area contributed by atoms with Gasteiger partial charge in [-0.3, -0.25) is 24.7 Å². The molecule has 0 spiro atoms. The van der Waals surface area contributed by atoms with Gasteiger partial charge in [0.2, 0.25) is 17.7 Å². The first-order valence-corrected chi connectivity index (χ1v) is 16.8. The van der Waals surface area contributed by atoms with Crippen LogP contribution < -0.4 is 10.6 Å². The summed E-state index contributed by atoms with van der Waals surface area (Å²) in [7, 11) is 1.77. The van der Waals surface area contributed by atoms with E-state index in [0.29, 0.717) is 31.1 Å². The van der Waals surface area contributed by atoms with Crippen molar-refractivity contribution < 1.29 is 14.4 Å². The summed E-state index contributed by atoms with van der Waals surface area (Å²) in [5.41, 5.74) is 3.56. The molecule has 2 aliphatic heterocycles. The zero-order valence-electron chi connectivity index (χ0n) is 28.9. The molecule has 45 heavy (non-hydrogen) atoms. The van der Waals surface area contributed by atoms with Crippen LogP contribution in [0.5, 0.6) is 0 Å². The minimum atomic E-state index is -0.303. The number of hydrogen-bond donors (Lipinski definition) is 2. The van der Waals surface area contributed by atoms with Gasteiger partial charge in [0.15, 0.2) is 0 Å². The van der Waals surface area contributed by atoms with E-state index in [4.69, 9.17) is 0 Å². The number of aliphatic imine (C=N–C) groups is 1. The van der Waals surface area contributed by atoms with Crippen LogP contribution in [0, 0.1) is 5.92 Å². The third kappa shape index (κ3) is 17.8. The number of amides is 3. The van der Waals surface area contributed by atoms with E-state index < -0.39 is 0 Å². The number of hydrogen-bond acceptors (Lipinski definition) is 5. The quantitative estimate of drug-likeness (QED) is 0.187. The van der Waals surface area contributed by atoms with Crippen LogP contribution in [-0.2, 0) is 14.4 Å². The van der Waals surface area contributed by atoms with Crippen LogP contribution in [0.1, 0.15) is 131 Å². The Morgan fingerprint density at radius 3 is 2.02 bits per heavy atom. The summed E-state index contributed by atoms with van der Waals surface area (Å²) in [5, 5.41) is 5.59. The van der Waals surface area contributed by atoms with Crippen LogP contribution in [0.15, 0.2) is 54.1 Å². The van der Waals surface area contributed by atoms with Gasteiger partial charge in [-0.25, -0.2) is 0 Å². The molecule has 2 saturated heterocycles. The number of carbonyl (C=O) groups is 3. The molecule has 0 bridgehead atoms. The molecule has 7 nitrogen and oxygen atoms in total. The van der Waals surface area contributed by atoms with Gasteiger partial charge in [0.05, 0.1) is 0 Å². The molecule has 2 N–H and O–H groups in total. The number of allylic oxidation sites excluding steroid dienone is 2. The zero-order chi connectivity index (χ0) is 33.3. The Kier molecular flexibility index (Phi) is 26.5. The van der Waals surface area contributed by atoms with E-state index >= 15 is 0 Å². The average Bonchev–Trinajstić information content (AvgIpc) is 3.09. The molecule has 2 heterocycles. The predicted molar refractivity (Wildman–Crippen MR) is 195 cm³/mol. The first-order chi connectivity index (χ1) is 21.3. The van der Waals surface area contributed by atoms with Crippen LogP contribution in [0.4, 0.5) is 5.69 Å². The Labute approximate surface area is 276 Å². The maximum atomic E-state index is 11.7. The van der Waals surface area contributed by atoms with Gasteiger partial charge in [-0.1, -0.05) is 79.0 Å². The van der Waals surface area contributed by atoms with Crippen LogP contribution in [0.2, 0.25) is 0 Å². The number of benzene rings is 1. The minimum Gasteiger partial charge on any atom is -0.374 e. The van der Waals surface area contributed by atoms with Gasteiger partial charge in [0, 0.05) is 44.9 Å². The lowest BCUT2D eigenvalue weighted by atomic mass is 9.84. The molecule has 1 aromatic rings. The number of rotatable bonds is 6. The van der Waals surface area contributed by atoms with E-state index in [1.807, 2.05) is 63.9 Å². The van der Waals surface area contributed by atoms with Crippen molar-refractivity contribution in [1.82, 2.24) is 10.2 Å². The van der Waals surface area contributed by atoms with Crippen molar-refractivity contribution in [3.8, 4) is 0 Å². The number of piperidine rings is 2. The monoisotopic (exact) mass is 627 g/mol. The van der Waals surface area contributed by atoms with Crippen LogP contribution in [0.3, 0.4) is 0 Å². The topological polar surface area (TPSA) is 90.9 Å². The number of imide groups is 1. The van der Waals surface area contributed by atoms with Crippen molar-refractivity contribution in [2.75, 3.05) is 25.5 Å². The lowest BCUT2D eigenvalue weighted by Crippen LogP contribution is -2.47. The van der Waals surface area contributed by atoms with Gasteiger partial charge in [0.1, 0.15) is 6.04 Å². The van der Waals surface area contributed by atoms with Crippen molar-refractivity contribution >= 4 is 29.6 Å². The van der Waals surface area contributed by atoms with Gasteiger partial charge < -0.3 is 10.2 Å². The van der Waals surface area contributed by atoms with E-state index in [-0.39, 0.29) is 25.3 Å². The molecular formula is C38H66N4O3. The second-order valence-electron chi connectivity index (χ2n) is 11.1. The molecule has 1 unspecified atom stereocenters. The third-order valence-corrected chi connectivity index (χ3v) is 8.20. The second-order valence-corrected chi connectivity index (χ2v) is 11.1. The highest BCUT2D eigenvalue weighted by Gasteiger charge is 2.26. The third-order valence-electron chi connectivity index (χ3n) is 8.20. The fourth-order valence-corrected chi connectivity index (χ4v) is 5.41. The summed E-state index contributed by atoms with van der Waals surface area (Å²) >= 11 is 0. The average molecular weight is 627 g/mol. The molecule has 1 atom stereocenters. The molecule has 3 amide bonds. The lowest BCUT2D eigenvalue weighted by Gasteiger charge is -2.31. The van der Waals surface area contributed by atoms with Crippen molar-refractivity contribution in [2.24, 2.45) is 10.9 Å². The van der Waals surface area contributed by atoms with Gasteiger partial charge in [-0.15, -0.1) is 13.2 Å². The number of likely N-dealkylation sites (tertiary alicyclic amines) is 1. The highest BCUT2D eigenvalue weighted by Crippen LogP contribution is 2.33. The van der Waals surface area contributed by atoms with Gasteiger partial charge in [0.25, 0.3) is 0 Å². The van der Waals surface area contributed by atoms with E-state index in [2.05, 4.69) is 47.8 Å². The molecule has 7 heteroatoms. The standard InChI is InChI=1S/C17H22N2O2.C10H19NO.C6H11N.C2H6.C2H4.CH4/c20-16-11-10-15(17(21)19-16)18-14-8-6-13(7-9-14)12-4-2-1-3-5-12;1-3-9-5-7-11(8-6-9)10(12)4-2;1-4-6(2)5-7-3;2*1-2;/h6-9,12,15,18H,1-5,10-11H2,(H,19,20,21);9H,3-8H2,1-2H3;4-5H,1-3H3;1-2H3;1-2H2;1H4/b;;6-4-,7-5?;;;. The Bertz CT molecular complexity index is 989. The van der Waals surface area contributed by atoms with Crippen LogP contribution >= 0.6 is 0 Å². The van der Waals surface area contributed by atoms with Gasteiger partial charge in [-0.2, -0.15) is 0 Å². The summed E-state index contributed by atoms with van der Waals surface area (Å²) in [6.07, 6.45) is 15.8. The Balaban J connectivity index is 0. The van der Waals surface area contributed by atoms with Crippen molar-refractivity contribution in [1.29, 1.82) is 0 Å². The summed E-state index contributed by atoms with van der Waals surface area (Å²) in [6, 6.07) is 8.14. The summed E-state index contributed by atoms with van der Waals surface area (Å²) < 4.78 is 0. The fourth-order valence-electron chi connectivity index (χ4n) is 5.41. The molecule has 3 fully saturated rings. The van der Waals surface area contributed by atoms with Crippen molar-refractivity contribution in [3.63, 3.8) is 0 Å². The van der Waals surface area contributed by atoms with E-state index in [0.717, 1.165) is 24.7 Å². The molecular weight excluding hydrogens is 560 g/mol. The van der Waals surface area contributed by atoms with E-state index in [9.17, 15) is 14.4 Å². The highest BCUT2D eigenvalue weighted by molar-refractivity contribution is 6.01. The Hall–Kier alpha value is -3.22. The second kappa shape index (κ2) is 27.1. The number of carbonyl (C=O) groups excluding carboxylic acids is 3. The molecule has 4 rings (SSSR count). The lowest BCUT2D eigenvalue weighted by molar-refractivity contribution is -0.134. The van der Waals surface area contributed by atoms with Gasteiger partial charge >= 0.3 is 0 Å². The fraction of sp³-hybridized carbons (Fsp3) is 0.632. The maximum Gasteiger partial charge on any atom is 0.249 e.